The Morgan fingerprint density at radius 1 is 0.283 bits per heavy atom. The van der Waals surface area contributed by atoms with Gasteiger partial charge in [-0.05, 0) is 57.5 Å². The molecule has 0 radical (unpaired) electrons. The number of benzene rings is 8. The Kier molecular flexibility index (Phi) is 7.47. The smallest absolute Gasteiger partial charge is 0.160 e. The Morgan fingerprint density at radius 3 is 1.49 bits per heavy atom. The summed E-state index contributed by atoms with van der Waals surface area (Å²) in [4.78, 5) is 10.1. The summed E-state index contributed by atoms with van der Waals surface area (Å²) in [6, 6.07) is 67.9. The van der Waals surface area contributed by atoms with Crippen molar-refractivity contribution in [2.45, 2.75) is 0 Å². The molecule has 0 fully saturated rings. The lowest BCUT2D eigenvalue weighted by Gasteiger charge is -2.11. The number of hydrogen-bond donors (Lipinski definition) is 0. The van der Waals surface area contributed by atoms with Gasteiger partial charge in [-0.3, -0.25) is 0 Å². The van der Waals surface area contributed by atoms with Gasteiger partial charge < -0.3 is 4.42 Å². The van der Waals surface area contributed by atoms with Crippen LogP contribution < -0.4 is 0 Å². The summed E-state index contributed by atoms with van der Waals surface area (Å²) in [5, 5.41) is 4.54. The number of para-hydroxylation sites is 1. The molecule has 0 spiro atoms. The summed E-state index contributed by atoms with van der Waals surface area (Å²) in [7, 11) is 0. The van der Waals surface area contributed by atoms with Crippen molar-refractivity contribution in [1.82, 2.24) is 9.97 Å². The van der Waals surface area contributed by atoms with E-state index in [-0.39, 0.29) is 0 Å². The van der Waals surface area contributed by atoms with Crippen LogP contribution in [-0.4, -0.2) is 9.97 Å². The van der Waals surface area contributed by atoms with Gasteiger partial charge in [-0.2, -0.15) is 0 Å². The summed E-state index contributed by atoms with van der Waals surface area (Å²) in [5.74, 6) is 0.706. The normalized spacial score (nSPS) is 11.4. The fourth-order valence-electron chi connectivity index (χ4n) is 7.50. The van der Waals surface area contributed by atoms with Gasteiger partial charge in [-0.1, -0.05) is 170 Å². The SMILES string of the molecule is c1ccc(-c2cc(-c3cccc(-c4cccc(-c5cccc6c5oc5c7ccccc7c(-c7ccccc7)cc65)c4)c3)nc(-c3ccccc3)n2)cc1. The second-order valence-corrected chi connectivity index (χ2v) is 13.4. The van der Waals surface area contributed by atoms with Gasteiger partial charge in [0.1, 0.15) is 11.2 Å². The molecule has 0 aliphatic carbocycles. The molecule has 0 N–H and O–H groups in total. The average Bonchev–Trinajstić information content (AvgIpc) is 3.63. The first-order valence-electron chi connectivity index (χ1n) is 17.9. The van der Waals surface area contributed by atoms with Gasteiger partial charge in [-0.25, -0.2) is 9.97 Å². The van der Waals surface area contributed by atoms with Gasteiger partial charge in [-0.15, -0.1) is 0 Å². The predicted octanol–water partition coefficient (Wildman–Crippen LogP) is 13.5. The van der Waals surface area contributed by atoms with E-state index in [2.05, 4.69) is 158 Å². The Balaban J connectivity index is 1.08. The summed E-state index contributed by atoms with van der Waals surface area (Å²) in [5.41, 5.74) is 13.5. The molecule has 248 valence electrons. The molecule has 10 aromatic rings. The molecule has 0 saturated carbocycles. The Bertz CT molecular complexity index is 2870. The molecule has 3 heteroatoms. The van der Waals surface area contributed by atoms with Gasteiger partial charge in [0.15, 0.2) is 5.82 Å². The minimum Gasteiger partial charge on any atom is -0.455 e. The zero-order chi connectivity index (χ0) is 35.1. The van der Waals surface area contributed by atoms with E-state index in [0.717, 1.165) is 77.7 Å². The lowest BCUT2D eigenvalue weighted by Crippen LogP contribution is -1.96. The molecule has 0 bridgehead atoms. The average molecular weight is 677 g/mol. The minimum atomic E-state index is 0.706. The third kappa shape index (κ3) is 5.56. The lowest BCUT2D eigenvalue weighted by atomic mass is 9.94. The molecule has 53 heavy (non-hydrogen) atoms. The fraction of sp³-hybridized carbons (Fsp3) is 0. The van der Waals surface area contributed by atoms with Crippen LogP contribution in [-0.2, 0) is 0 Å². The second-order valence-electron chi connectivity index (χ2n) is 13.4. The first-order chi connectivity index (χ1) is 26.3. The second kappa shape index (κ2) is 12.9. The summed E-state index contributed by atoms with van der Waals surface area (Å²) in [6.07, 6.45) is 0. The van der Waals surface area contributed by atoms with E-state index >= 15 is 0 Å². The maximum absolute atomic E-state index is 6.85. The molecule has 0 aliphatic rings. The molecule has 2 aromatic heterocycles. The molecule has 2 heterocycles. The van der Waals surface area contributed by atoms with Crippen molar-refractivity contribution in [3.8, 4) is 67.3 Å². The quantitative estimate of drug-likeness (QED) is 0.176. The zero-order valence-corrected chi connectivity index (χ0v) is 28.8. The van der Waals surface area contributed by atoms with Crippen LogP contribution in [0.1, 0.15) is 0 Å². The summed E-state index contributed by atoms with van der Waals surface area (Å²) in [6.45, 7) is 0. The monoisotopic (exact) mass is 676 g/mol. The van der Waals surface area contributed by atoms with E-state index in [9.17, 15) is 0 Å². The molecule has 10 rings (SSSR count). The molecule has 0 saturated heterocycles. The highest BCUT2D eigenvalue weighted by Crippen LogP contribution is 2.43. The first-order valence-corrected chi connectivity index (χ1v) is 17.9. The van der Waals surface area contributed by atoms with Crippen molar-refractivity contribution in [2.75, 3.05) is 0 Å². The van der Waals surface area contributed by atoms with E-state index in [0.29, 0.717) is 5.82 Å². The van der Waals surface area contributed by atoms with Gasteiger partial charge in [0.05, 0.1) is 11.4 Å². The number of furan rings is 1. The third-order valence-corrected chi connectivity index (χ3v) is 10.1. The molecule has 8 aromatic carbocycles. The van der Waals surface area contributed by atoms with Crippen LogP contribution in [0.15, 0.2) is 199 Å². The predicted molar refractivity (Wildman–Crippen MR) is 219 cm³/mol. The minimum absolute atomic E-state index is 0.706. The Labute approximate surface area is 307 Å². The molecular formula is C50H32N2O. The molecular weight excluding hydrogens is 645 g/mol. The van der Waals surface area contributed by atoms with Crippen LogP contribution in [0.4, 0.5) is 0 Å². The van der Waals surface area contributed by atoms with E-state index in [1.807, 2.05) is 36.4 Å². The molecule has 0 atom stereocenters. The highest BCUT2D eigenvalue weighted by Gasteiger charge is 2.18. The van der Waals surface area contributed by atoms with Crippen LogP contribution in [0.5, 0.6) is 0 Å². The topological polar surface area (TPSA) is 38.9 Å². The van der Waals surface area contributed by atoms with E-state index in [1.165, 1.54) is 16.5 Å². The van der Waals surface area contributed by atoms with Gasteiger partial charge in [0, 0.05) is 38.4 Å². The molecule has 3 nitrogen and oxygen atoms in total. The maximum atomic E-state index is 6.85. The Morgan fingerprint density at radius 2 is 0.774 bits per heavy atom. The van der Waals surface area contributed by atoms with Crippen molar-refractivity contribution < 1.29 is 4.42 Å². The molecule has 0 aliphatic heterocycles. The number of rotatable bonds is 6. The van der Waals surface area contributed by atoms with Crippen molar-refractivity contribution in [2.24, 2.45) is 0 Å². The van der Waals surface area contributed by atoms with Crippen LogP contribution >= 0.6 is 0 Å². The zero-order valence-electron chi connectivity index (χ0n) is 28.8. The van der Waals surface area contributed by atoms with Crippen molar-refractivity contribution in [1.29, 1.82) is 0 Å². The van der Waals surface area contributed by atoms with Gasteiger partial charge >= 0.3 is 0 Å². The highest BCUT2D eigenvalue weighted by molar-refractivity contribution is 6.20. The maximum Gasteiger partial charge on any atom is 0.160 e. The van der Waals surface area contributed by atoms with E-state index < -0.39 is 0 Å². The number of aromatic nitrogens is 2. The number of hydrogen-bond acceptors (Lipinski definition) is 3. The fourth-order valence-corrected chi connectivity index (χ4v) is 7.50. The number of nitrogens with zero attached hydrogens (tertiary/aromatic N) is 2. The van der Waals surface area contributed by atoms with Crippen LogP contribution in [0.25, 0.3) is 100.0 Å². The lowest BCUT2D eigenvalue weighted by molar-refractivity contribution is 0.674. The summed E-state index contributed by atoms with van der Waals surface area (Å²) >= 11 is 0. The van der Waals surface area contributed by atoms with Crippen molar-refractivity contribution >= 4 is 32.7 Å². The third-order valence-electron chi connectivity index (χ3n) is 10.1. The number of fused-ring (bicyclic) bond motifs is 5. The van der Waals surface area contributed by atoms with Crippen LogP contribution in [0.3, 0.4) is 0 Å². The van der Waals surface area contributed by atoms with Crippen LogP contribution in [0.2, 0.25) is 0 Å². The molecule has 0 amide bonds. The first kappa shape index (κ1) is 30.7. The van der Waals surface area contributed by atoms with Gasteiger partial charge in [0.25, 0.3) is 0 Å². The Hall–Kier alpha value is -7.10. The highest BCUT2D eigenvalue weighted by atomic mass is 16.3. The van der Waals surface area contributed by atoms with Gasteiger partial charge in [0.2, 0.25) is 0 Å². The van der Waals surface area contributed by atoms with E-state index in [1.54, 1.807) is 0 Å². The summed E-state index contributed by atoms with van der Waals surface area (Å²) < 4.78 is 6.85. The molecule has 0 unspecified atom stereocenters. The largest absolute Gasteiger partial charge is 0.455 e. The van der Waals surface area contributed by atoms with E-state index in [4.69, 9.17) is 14.4 Å². The van der Waals surface area contributed by atoms with Crippen molar-refractivity contribution in [3.05, 3.63) is 194 Å². The standard InChI is InChI=1S/C50H32N2O/c1-4-15-33(16-5-1)44-31-45-43-28-14-27-40(48(43)53-49(45)42-26-11-10-25-41(42)44)38-23-12-21-36(29-38)37-22-13-24-39(30-37)47-32-46(34-17-6-2-7-18-34)51-50(52-47)35-19-8-3-9-20-35/h1-32H. The van der Waals surface area contributed by atoms with Crippen LogP contribution in [0, 0.1) is 0 Å². The van der Waals surface area contributed by atoms with Crippen molar-refractivity contribution in [3.63, 3.8) is 0 Å².